The van der Waals surface area contributed by atoms with Gasteiger partial charge in [-0.25, -0.2) is 0 Å². The summed E-state index contributed by atoms with van der Waals surface area (Å²) in [7, 11) is 0. The van der Waals surface area contributed by atoms with E-state index >= 15 is 0 Å². The van der Waals surface area contributed by atoms with Gasteiger partial charge in [0, 0.05) is 12.0 Å². The first-order valence-corrected chi connectivity index (χ1v) is 6.40. The van der Waals surface area contributed by atoms with Crippen molar-refractivity contribution < 1.29 is 23.0 Å². The monoisotopic (exact) mass is 333 g/mol. The number of alkyl halides is 3. The van der Waals surface area contributed by atoms with Gasteiger partial charge >= 0.3 is 11.9 Å². The molecule has 0 spiro atoms. The zero-order valence-corrected chi connectivity index (χ0v) is 12.4. The van der Waals surface area contributed by atoms with Gasteiger partial charge in [0.05, 0.1) is 15.4 Å². The smallest absolute Gasteiger partial charge is 0.393 e. The lowest BCUT2D eigenvalue weighted by molar-refractivity contribution is -0.395. The molecule has 0 atom stereocenters. The SMILES string of the molecule is C=C(C)Cc1c([N+](=O)[O-])c(N)c(C(F)(F)F)c(CC)c1[N+](=O)[O-]. The molecule has 7 nitrogen and oxygen atoms in total. The Kier molecular flexibility index (Phi) is 4.98. The fraction of sp³-hybridized carbons (Fsp3) is 0.385. The number of allylic oxidation sites excluding steroid dienone is 1. The maximum Gasteiger partial charge on any atom is 0.419 e. The van der Waals surface area contributed by atoms with Crippen LogP contribution < -0.4 is 5.73 Å². The Bertz CT molecular complexity index is 699. The van der Waals surface area contributed by atoms with Gasteiger partial charge < -0.3 is 5.73 Å². The van der Waals surface area contributed by atoms with Crippen LogP contribution in [0, 0.1) is 20.2 Å². The second-order valence-electron chi connectivity index (χ2n) is 4.94. The van der Waals surface area contributed by atoms with Gasteiger partial charge in [-0.1, -0.05) is 19.1 Å². The Morgan fingerprint density at radius 3 is 1.96 bits per heavy atom. The molecule has 0 saturated heterocycles. The first-order chi connectivity index (χ1) is 10.4. The van der Waals surface area contributed by atoms with Crippen LogP contribution in [0.3, 0.4) is 0 Å². The Morgan fingerprint density at radius 1 is 1.17 bits per heavy atom. The van der Waals surface area contributed by atoms with Crippen molar-refractivity contribution in [2.75, 3.05) is 5.73 Å². The molecule has 0 radical (unpaired) electrons. The first kappa shape index (κ1) is 18.4. The average molecular weight is 333 g/mol. The van der Waals surface area contributed by atoms with Crippen molar-refractivity contribution in [3.63, 3.8) is 0 Å². The first-order valence-electron chi connectivity index (χ1n) is 6.40. The molecule has 0 saturated carbocycles. The molecule has 0 fully saturated rings. The van der Waals surface area contributed by atoms with E-state index in [2.05, 4.69) is 6.58 Å². The van der Waals surface area contributed by atoms with Crippen molar-refractivity contribution in [2.45, 2.75) is 32.9 Å². The Hall–Kier alpha value is -2.65. The van der Waals surface area contributed by atoms with Gasteiger partial charge in [-0.2, -0.15) is 13.2 Å². The molecule has 23 heavy (non-hydrogen) atoms. The van der Waals surface area contributed by atoms with E-state index in [9.17, 15) is 33.4 Å². The second-order valence-corrected chi connectivity index (χ2v) is 4.94. The highest BCUT2D eigenvalue weighted by Crippen LogP contribution is 2.47. The molecule has 0 heterocycles. The normalized spacial score (nSPS) is 11.3. The highest BCUT2D eigenvalue weighted by molar-refractivity contribution is 5.77. The number of halogens is 3. The summed E-state index contributed by atoms with van der Waals surface area (Å²) >= 11 is 0. The van der Waals surface area contributed by atoms with Crippen LogP contribution >= 0.6 is 0 Å². The lowest BCUT2D eigenvalue weighted by Gasteiger charge is -2.17. The third-order valence-electron chi connectivity index (χ3n) is 3.16. The van der Waals surface area contributed by atoms with E-state index in [1.165, 1.54) is 13.8 Å². The van der Waals surface area contributed by atoms with Crippen molar-refractivity contribution in [1.29, 1.82) is 0 Å². The van der Waals surface area contributed by atoms with Gasteiger partial charge in [-0.05, 0) is 13.3 Å². The van der Waals surface area contributed by atoms with Gasteiger partial charge in [0.2, 0.25) is 0 Å². The standard InChI is InChI=1S/C13H14F3N3O4/c1-4-7-9(13(14,15)16)10(17)12(19(22)23)8(5-6(2)3)11(7)18(20)21/h2,4-5,17H2,1,3H3. The van der Waals surface area contributed by atoms with Gasteiger partial charge in [0.1, 0.15) is 11.3 Å². The molecule has 10 heteroatoms. The summed E-state index contributed by atoms with van der Waals surface area (Å²) < 4.78 is 39.7. The maximum absolute atomic E-state index is 13.2. The van der Waals surface area contributed by atoms with Gasteiger partial charge in [0.15, 0.2) is 0 Å². The molecule has 0 bridgehead atoms. The fourth-order valence-electron chi connectivity index (χ4n) is 2.42. The van der Waals surface area contributed by atoms with Gasteiger partial charge in [-0.15, -0.1) is 0 Å². The largest absolute Gasteiger partial charge is 0.419 e. The second kappa shape index (κ2) is 6.23. The van der Waals surface area contributed by atoms with Crippen LogP contribution in [0.25, 0.3) is 0 Å². The summed E-state index contributed by atoms with van der Waals surface area (Å²) in [5, 5.41) is 22.5. The number of nitrogens with two attached hydrogens (primary N) is 1. The van der Waals surface area contributed by atoms with E-state index in [1.54, 1.807) is 0 Å². The van der Waals surface area contributed by atoms with E-state index in [-0.39, 0.29) is 12.8 Å². The molecule has 0 aliphatic rings. The lowest BCUT2D eigenvalue weighted by atomic mass is 9.91. The Morgan fingerprint density at radius 2 is 1.65 bits per heavy atom. The summed E-state index contributed by atoms with van der Waals surface area (Å²) in [4.78, 5) is 20.3. The summed E-state index contributed by atoms with van der Waals surface area (Å²) in [6.07, 6.45) is -5.72. The van der Waals surface area contributed by atoms with Crippen molar-refractivity contribution in [3.8, 4) is 0 Å². The van der Waals surface area contributed by atoms with E-state index in [4.69, 9.17) is 5.73 Å². The molecular formula is C13H14F3N3O4. The topological polar surface area (TPSA) is 112 Å². The van der Waals surface area contributed by atoms with Crippen molar-refractivity contribution in [1.82, 2.24) is 0 Å². The predicted molar refractivity (Wildman–Crippen MR) is 77.1 cm³/mol. The maximum atomic E-state index is 13.2. The van der Waals surface area contributed by atoms with Crippen LogP contribution in [0.5, 0.6) is 0 Å². The number of hydrogen-bond acceptors (Lipinski definition) is 5. The number of nitrogen functional groups attached to an aromatic ring is 1. The molecule has 0 aliphatic heterocycles. The molecule has 1 rings (SSSR count). The molecule has 0 unspecified atom stereocenters. The summed E-state index contributed by atoms with van der Waals surface area (Å²) in [6.45, 7) is 6.24. The Labute approximate surface area is 128 Å². The third kappa shape index (κ3) is 3.41. The summed E-state index contributed by atoms with van der Waals surface area (Å²) in [5.74, 6) is 0. The Balaban J connectivity index is 4.12. The van der Waals surface area contributed by atoms with Crippen LogP contribution in [-0.4, -0.2) is 9.85 Å². The van der Waals surface area contributed by atoms with E-state index < -0.39 is 49.8 Å². The van der Waals surface area contributed by atoms with Gasteiger partial charge in [0.25, 0.3) is 5.69 Å². The summed E-state index contributed by atoms with van der Waals surface area (Å²) in [5.41, 5.74) is -0.0872. The van der Waals surface area contributed by atoms with Crippen molar-refractivity contribution in [2.24, 2.45) is 0 Å². The molecule has 1 aromatic rings. The fourth-order valence-corrected chi connectivity index (χ4v) is 2.42. The van der Waals surface area contributed by atoms with E-state index in [0.29, 0.717) is 5.57 Å². The number of benzene rings is 1. The highest BCUT2D eigenvalue weighted by Gasteiger charge is 2.44. The minimum absolute atomic E-state index is 0.317. The molecule has 0 aromatic heterocycles. The molecular weight excluding hydrogens is 319 g/mol. The lowest BCUT2D eigenvalue weighted by Crippen LogP contribution is -2.18. The number of nitro benzene ring substituents is 2. The number of anilines is 1. The number of rotatable bonds is 5. The summed E-state index contributed by atoms with van der Waals surface area (Å²) in [6, 6.07) is 0. The average Bonchev–Trinajstić information content (AvgIpc) is 2.34. The van der Waals surface area contributed by atoms with Crippen molar-refractivity contribution >= 4 is 17.1 Å². The molecule has 0 amide bonds. The number of nitrogens with zero attached hydrogens (tertiary/aromatic N) is 2. The van der Waals surface area contributed by atoms with E-state index in [0.717, 1.165) is 0 Å². The number of hydrogen-bond donors (Lipinski definition) is 1. The number of nitro groups is 2. The minimum atomic E-state index is -5.05. The van der Waals surface area contributed by atoms with Crippen molar-refractivity contribution in [3.05, 3.63) is 49.1 Å². The third-order valence-corrected chi connectivity index (χ3v) is 3.16. The van der Waals surface area contributed by atoms with Gasteiger partial charge in [-0.3, -0.25) is 20.2 Å². The zero-order valence-electron chi connectivity index (χ0n) is 12.4. The predicted octanol–water partition coefficient (Wildman–Crippen LogP) is 3.79. The highest BCUT2D eigenvalue weighted by atomic mass is 19.4. The van der Waals surface area contributed by atoms with E-state index in [1.807, 2.05) is 0 Å². The van der Waals surface area contributed by atoms with Crippen LogP contribution in [0.2, 0.25) is 0 Å². The zero-order chi connectivity index (χ0) is 18.1. The molecule has 1 aromatic carbocycles. The minimum Gasteiger partial charge on any atom is -0.393 e. The van der Waals surface area contributed by atoms with Crippen LogP contribution in [0.15, 0.2) is 12.2 Å². The quantitative estimate of drug-likeness (QED) is 0.381. The van der Waals surface area contributed by atoms with Crippen LogP contribution in [0.4, 0.5) is 30.2 Å². The molecule has 2 N–H and O–H groups in total. The molecule has 0 aliphatic carbocycles. The van der Waals surface area contributed by atoms with Crippen LogP contribution in [0.1, 0.15) is 30.5 Å². The molecule has 126 valence electrons. The van der Waals surface area contributed by atoms with Crippen LogP contribution in [-0.2, 0) is 19.0 Å².